The van der Waals surface area contributed by atoms with Crippen molar-refractivity contribution in [1.82, 2.24) is 15.5 Å². The standard InChI is InChI=1S/C12H22N4O4/c1-8(17)6-15-10(18)7-16(3)11(19)5-4-9(14-2)12(13)20/h9,14H,4-7H2,1-3H3,(H2,13,20)(H,15,18). The second-order valence-electron chi connectivity index (χ2n) is 4.51. The van der Waals surface area contributed by atoms with E-state index < -0.39 is 17.9 Å². The Morgan fingerprint density at radius 1 is 1.25 bits per heavy atom. The summed E-state index contributed by atoms with van der Waals surface area (Å²) in [5.41, 5.74) is 5.14. The number of hydrogen-bond donors (Lipinski definition) is 3. The third-order valence-electron chi connectivity index (χ3n) is 2.68. The highest BCUT2D eigenvalue weighted by atomic mass is 16.2. The molecule has 0 aliphatic heterocycles. The average molecular weight is 286 g/mol. The SMILES string of the molecule is CNC(CCC(=O)N(C)CC(=O)NCC(C)=O)C(N)=O. The van der Waals surface area contributed by atoms with E-state index in [1.807, 2.05) is 0 Å². The lowest BCUT2D eigenvalue weighted by molar-refractivity contribution is -0.135. The number of ketones is 1. The van der Waals surface area contributed by atoms with Gasteiger partial charge in [0.2, 0.25) is 17.7 Å². The van der Waals surface area contributed by atoms with Crippen LogP contribution in [0.3, 0.4) is 0 Å². The number of primary amides is 1. The maximum absolute atomic E-state index is 11.8. The molecule has 0 bridgehead atoms. The molecule has 1 atom stereocenters. The van der Waals surface area contributed by atoms with Crippen LogP contribution in [0.1, 0.15) is 19.8 Å². The van der Waals surface area contributed by atoms with E-state index in [1.165, 1.54) is 18.9 Å². The highest BCUT2D eigenvalue weighted by molar-refractivity contribution is 5.88. The number of rotatable bonds is 9. The van der Waals surface area contributed by atoms with Gasteiger partial charge in [0.15, 0.2) is 0 Å². The van der Waals surface area contributed by atoms with Crippen LogP contribution in [0.5, 0.6) is 0 Å². The van der Waals surface area contributed by atoms with Crippen molar-refractivity contribution in [3.05, 3.63) is 0 Å². The number of nitrogens with two attached hydrogens (primary N) is 1. The van der Waals surface area contributed by atoms with Crippen molar-refractivity contribution in [2.24, 2.45) is 5.73 Å². The summed E-state index contributed by atoms with van der Waals surface area (Å²) < 4.78 is 0. The van der Waals surface area contributed by atoms with Crippen molar-refractivity contribution < 1.29 is 19.2 Å². The number of carbonyl (C=O) groups is 4. The monoisotopic (exact) mass is 286 g/mol. The molecule has 0 aromatic carbocycles. The van der Waals surface area contributed by atoms with Crippen LogP contribution in [0.15, 0.2) is 0 Å². The molecular formula is C12H22N4O4. The van der Waals surface area contributed by atoms with Crippen LogP contribution in [0, 0.1) is 0 Å². The van der Waals surface area contributed by atoms with E-state index in [2.05, 4.69) is 10.6 Å². The summed E-state index contributed by atoms with van der Waals surface area (Å²) in [6, 6.07) is -0.570. The van der Waals surface area contributed by atoms with E-state index in [9.17, 15) is 19.2 Å². The van der Waals surface area contributed by atoms with Crippen molar-refractivity contribution >= 4 is 23.5 Å². The van der Waals surface area contributed by atoms with E-state index in [4.69, 9.17) is 5.73 Å². The van der Waals surface area contributed by atoms with Gasteiger partial charge in [-0.25, -0.2) is 0 Å². The van der Waals surface area contributed by atoms with Gasteiger partial charge < -0.3 is 21.3 Å². The Morgan fingerprint density at radius 3 is 2.30 bits per heavy atom. The van der Waals surface area contributed by atoms with Crippen LogP contribution in [0.25, 0.3) is 0 Å². The van der Waals surface area contributed by atoms with Crippen LogP contribution in [-0.2, 0) is 19.2 Å². The van der Waals surface area contributed by atoms with Crippen molar-refractivity contribution in [2.75, 3.05) is 27.2 Å². The summed E-state index contributed by atoms with van der Waals surface area (Å²) in [5.74, 6) is -1.37. The Bertz CT molecular complexity index is 384. The van der Waals surface area contributed by atoms with Gasteiger partial charge in [0.05, 0.1) is 19.1 Å². The lowest BCUT2D eigenvalue weighted by atomic mass is 10.1. The first kappa shape index (κ1) is 18.0. The lowest BCUT2D eigenvalue weighted by Gasteiger charge is -2.18. The molecule has 1 unspecified atom stereocenters. The highest BCUT2D eigenvalue weighted by Gasteiger charge is 2.17. The van der Waals surface area contributed by atoms with Gasteiger partial charge in [0.1, 0.15) is 5.78 Å². The average Bonchev–Trinajstić information content (AvgIpc) is 2.36. The van der Waals surface area contributed by atoms with Crippen LogP contribution < -0.4 is 16.4 Å². The van der Waals surface area contributed by atoms with E-state index in [0.29, 0.717) is 0 Å². The van der Waals surface area contributed by atoms with E-state index in [0.717, 1.165) is 0 Å². The van der Waals surface area contributed by atoms with Gasteiger partial charge in [-0.2, -0.15) is 0 Å². The Balaban J connectivity index is 4.12. The topological polar surface area (TPSA) is 122 Å². The molecule has 4 N–H and O–H groups in total. The number of Topliss-reactive ketones (excluding diaryl/α,β-unsaturated/α-hetero) is 1. The Kier molecular flexibility index (Phi) is 8.14. The summed E-state index contributed by atoms with van der Waals surface area (Å²) in [6.45, 7) is 1.17. The molecule has 0 aliphatic rings. The molecular weight excluding hydrogens is 264 g/mol. The maximum atomic E-state index is 11.8. The molecule has 8 heteroatoms. The molecule has 0 aliphatic carbocycles. The van der Waals surface area contributed by atoms with E-state index in [-0.39, 0.29) is 37.6 Å². The Morgan fingerprint density at radius 2 is 1.85 bits per heavy atom. The largest absolute Gasteiger partial charge is 0.368 e. The van der Waals surface area contributed by atoms with Crippen molar-refractivity contribution in [1.29, 1.82) is 0 Å². The van der Waals surface area contributed by atoms with Crippen LogP contribution in [0.2, 0.25) is 0 Å². The smallest absolute Gasteiger partial charge is 0.239 e. The Hall–Kier alpha value is -1.96. The van der Waals surface area contributed by atoms with Gasteiger partial charge in [-0.15, -0.1) is 0 Å². The summed E-state index contributed by atoms with van der Waals surface area (Å²) in [4.78, 5) is 46.1. The molecule has 3 amide bonds. The number of hydrogen-bond acceptors (Lipinski definition) is 5. The van der Waals surface area contributed by atoms with Crippen LogP contribution >= 0.6 is 0 Å². The fraction of sp³-hybridized carbons (Fsp3) is 0.667. The molecule has 20 heavy (non-hydrogen) atoms. The zero-order valence-corrected chi connectivity index (χ0v) is 12.1. The molecule has 0 spiro atoms. The van der Waals surface area contributed by atoms with Crippen molar-refractivity contribution in [3.63, 3.8) is 0 Å². The summed E-state index contributed by atoms with van der Waals surface area (Å²) in [6.07, 6.45) is 0.370. The quantitative estimate of drug-likeness (QED) is 0.453. The zero-order chi connectivity index (χ0) is 15.7. The molecule has 0 aromatic heterocycles. The van der Waals surface area contributed by atoms with Crippen molar-refractivity contribution in [2.45, 2.75) is 25.8 Å². The van der Waals surface area contributed by atoms with Crippen LogP contribution in [-0.4, -0.2) is 61.6 Å². The molecule has 114 valence electrons. The second-order valence-corrected chi connectivity index (χ2v) is 4.51. The van der Waals surface area contributed by atoms with Gasteiger partial charge >= 0.3 is 0 Å². The molecule has 0 saturated carbocycles. The number of nitrogens with zero attached hydrogens (tertiary/aromatic N) is 1. The number of likely N-dealkylation sites (N-methyl/N-ethyl adjacent to an activating group) is 2. The number of amides is 3. The summed E-state index contributed by atoms with van der Waals surface area (Å²) in [5, 5.41) is 5.10. The van der Waals surface area contributed by atoms with E-state index >= 15 is 0 Å². The normalized spacial score (nSPS) is 11.6. The summed E-state index contributed by atoms with van der Waals surface area (Å²) in [7, 11) is 3.06. The first-order chi connectivity index (χ1) is 9.27. The highest BCUT2D eigenvalue weighted by Crippen LogP contribution is 2.00. The number of carbonyl (C=O) groups excluding carboxylic acids is 4. The van der Waals surface area contributed by atoms with E-state index in [1.54, 1.807) is 7.05 Å². The molecule has 8 nitrogen and oxygen atoms in total. The minimum atomic E-state index is -0.570. The fourth-order valence-electron chi connectivity index (χ4n) is 1.47. The summed E-state index contributed by atoms with van der Waals surface area (Å²) >= 11 is 0. The molecule has 0 rings (SSSR count). The first-order valence-corrected chi connectivity index (χ1v) is 6.24. The molecule has 0 heterocycles. The fourth-order valence-corrected chi connectivity index (χ4v) is 1.47. The minimum absolute atomic E-state index is 0.0512. The minimum Gasteiger partial charge on any atom is -0.368 e. The number of nitrogens with one attached hydrogen (secondary N) is 2. The lowest BCUT2D eigenvalue weighted by Crippen LogP contribution is -2.42. The third kappa shape index (κ3) is 7.47. The molecule has 0 saturated heterocycles. The predicted octanol–water partition coefficient (Wildman–Crippen LogP) is -2.00. The van der Waals surface area contributed by atoms with Crippen molar-refractivity contribution in [3.8, 4) is 0 Å². The van der Waals surface area contributed by atoms with Crippen LogP contribution in [0.4, 0.5) is 0 Å². The maximum Gasteiger partial charge on any atom is 0.239 e. The third-order valence-corrected chi connectivity index (χ3v) is 2.68. The zero-order valence-electron chi connectivity index (χ0n) is 12.1. The predicted molar refractivity (Wildman–Crippen MR) is 72.6 cm³/mol. The van der Waals surface area contributed by atoms with Gasteiger partial charge in [0.25, 0.3) is 0 Å². The first-order valence-electron chi connectivity index (χ1n) is 6.24. The van der Waals surface area contributed by atoms with Gasteiger partial charge in [-0.3, -0.25) is 19.2 Å². The van der Waals surface area contributed by atoms with Gasteiger partial charge in [-0.1, -0.05) is 0 Å². The molecule has 0 aromatic rings. The van der Waals surface area contributed by atoms with Gasteiger partial charge in [0, 0.05) is 13.5 Å². The Labute approximate surface area is 118 Å². The van der Waals surface area contributed by atoms with Gasteiger partial charge in [-0.05, 0) is 20.4 Å². The molecule has 0 fully saturated rings. The second kappa shape index (κ2) is 9.03. The molecule has 0 radical (unpaired) electrons.